The van der Waals surface area contributed by atoms with Crippen molar-refractivity contribution in [2.75, 3.05) is 56.8 Å². The standard InChI is InChI=1S/C42H52FN13O7/c1-5-29-36-33(9-10-35(44)57)62-23-28(52-15-17-61-18-16-52)24-63-34-22-27(38(45)58)21-30-37(34)54(42(47-30)48-39(59)31-19-25(3)50-55(31)6-2)13-8-7-12-53(36)41(46-29)49-40(60)32-20-26(4)51-56(32)14-11-43/h7-9,19-22,28H,5-6,10-18,23-24H2,1-4H3,(H2,44,57)(H2,45,58)(H,46,49,60)(H,47,48,59)/b8-7+,33-9+. The summed E-state index contributed by atoms with van der Waals surface area (Å²) < 4.78 is 38.9. The number of benzene rings is 1. The van der Waals surface area contributed by atoms with Gasteiger partial charge in [0.25, 0.3) is 11.8 Å². The number of carbonyl (C=O) groups is 4. The Labute approximate surface area is 362 Å². The third-order valence-electron chi connectivity index (χ3n) is 10.7. The predicted octanol–water partition coefficient (Wildman–Crippen LogP) is 2.98. The average molecular weight is 870 g/mol. The molecule has 4 amide bonds. The molecule has 1 atom stereocenters. The molecule has 5 aromatic rings. The second kappa shape index (κ2) is 19.5. The third kappa shape index (κ3) is 9.78. The first-order valence-corrected chi connectivity index (χ1v) is 20.8. The fourth-order valence-electron chi connectivity index (χ4n) is 7.68. The van der Waals surface area contributed by atoms with Crippen LogP contribution in [0.1, 0.15) is 74.4 Å². The highest BCUT2D eigenvalue weighted by atomic mass is 19.1. The van der Waals surface area contributed by atoms with Gasteiger partial charge in [-0.15, -0.1) is 0 Å². The third-order valence-corrected chi connectivity index (χ3v) is 10.7. The summed E-state index contributed by atoms with van der Waals surface area (Å²) in [6, 6.07) is 5.96. The second-order valence-electron chi connectivity index (χ2n) is 15.1. The molecule has 1 aromatic carbocycles. The molecule has 0 radical (unpaired) electrons. The molecule has 334 valence electrons. The van der Waals surface area contributed by atoms with E-state index < -0.39 is 36.3 Å². The Morgan fingerprint density at radius 1 is 0.857 bits per heavy atom. The topological polar surface area (TPSA) is 247 Å². The first kappa shape index (κ1) is 44.2. The minimum atomic E-state index is -0.721. The van der Waals surface area contributed by atoms with Crippen molar-refractivity contribution in [1.29, 1.82) is 0 Å². The molecular weight excluding hydrogens is 818 g/mol. The van der Waals surface area contributed by atoms with Crippen LogP contribution in [0, 0.1) is 13.8 Å². The number of amides is 4. The van der Waals surface area contributed by atoms with E-state index in [4.69, 9.17) is 35.6 Å². The fourth-order valence-corrected chi connectivity index (χ4v) is 7.68. The number of carbonyl (C=O) groups excluding carboxylic acids is 4. The van der Waals surface area contributed by atoms with Crippen LogP contribution in [0.2, 0.25) is 0 Å². The van der Waals surface area contributed by atoms with E-state index in [2.05, 4.69) is 25.7 Å². The molecule has 6 N–H and O–H groups in total. The maximum absolute atomic E-state index is 13.9. The monoisotopic (exact) mass is 869 g/mol. The molecule has 20 nitrogen and oxygen atoms in total. The molecule has 7 rings (SSSR count). The van der Waals surface area contributed by atoms with Gasteiger partial charge in [0.1, 0.15) is 54.0 Å². The summed E-state index contributed by atoms with van der Waals surface area (Å²) in [4.78, 5) is 64.5. The summed E-state index contributed by atoms with van der Waals surface area (Å²) in [5.41, 5.74) is 15.2. The lowest BCUT2D eigenvalue weighted by molar-refractivity contribution is -0.117. The van der Waals surface area contributed by atoms with Gasteiger partial charge in [-0.2, -0.15) is 10.2 Å². The van der Waals surface area contributed by atoms with Gasteiger partial charge >= 0.3 is 0 Å². The van der Waals surface area contributed by atoms with Gasteiger partial charge in [0, 0.05) is 44.7 Å². The van der Waals surface area contributed by atoms with Crippen LogP contribution in [-0.4, -0.2) is 119 Å². The van der Waals surface area contributed by atoms with E-state index in [1.165, 1.54) is 4.68 Å². The van der Waals surface area contributed by atoms with Gasteiger partial charge in [0.2, 0.25) is 23.7 Å². The highest BCUT2D eigenvalue weighted by molar-refractivity contribution is 6.04. The van der Waals surface area contributed by atoms with Crippen molar-refractivity contribution in [1.82, 2.24) is 43.6 Å². The number of anilines is 2. The van der Waals surface area contributed by atoms with E-state index in [9.17, 15) is 23.6 Å². The van der Waals surface area contributed by atoms with Crippen LogP contribution < -0.4 is 26.8 Å². The molecule has 1 saturated heterocycles. The number of imidazole rings is 2. The highest BCUT2D eigenvalue weighted by Gasteiger charge is 2.29. The molecule has 4 aromatic heterocycles. The lowest BCUT2D eigenvalue weighted by Gasteiger charge is -2.34. The average Bonchev–Trinajstić information content (AvgIpc) is 4.02. The summed E-state index contributed by atoms with van der Waals surface area (Å²) in [6.07, 6.45) is 5.52. The summed E-state index contributed by atoms with van der Waals surface area (Å²) >= 11 is 0. The van der Waals surface area contributed by atoms with Crippen LogP contribution in [0.3, 0.4) is 0 Å². The van der Waals surface area contributed by atoms with Crippen molar-refractivity contribution in [3.63, 3.8) is 0 Å². The van der Waals surface area contributed by atoms with Gasteiger partial charge in [0.15, 0.2) is 0 Å². The van der Waals surface area contributed by atoms with Crippen LogP contribution in [0.25, 0.3) is 16.8 Å². The Morgan fingerprint density at radius 3 is 2.13 bits per heavy atom. The number of hydrogen-bond donors (Lipinski definition) is 4. The Morgan fingerprint density at radius 2 is 1.49 bits per heavy atom. The highest BCUT2D eigenvalue weighted by Crippen LogP contribution is 2.33. The zero-order valence-electron chi connectivity index (χ0n) is 35.7. The van der Waals surface area contributed by atoms with Gasteiger partial charge in [-0.1, -0.05) is 19.1 Å². The summed E-state index contributed by atoms with van der Waals surface area (Å²) in [7, 11) is 0. The zero-order chi connectivity index (χ0) is 44.8. The van der Waals surface area contributed by atoms with E-state index in [-0.39, 0.29) is 62.4 Å². The Bertz CT molecular complexity index is 2580. The zero-order valence-corrected chi connectivity index (χ0v) is 35.7. The fraction of sp³-hybridized carbons (Fsp3) is 0.429. The van der Waals surface area contributed by atoms with E-state index in [0.29, 0.717) is 90.3 Å². The summed E-state index contributed by atoms with van der Waals surface area (Å²) in [5.74, 6) is -1.34. The number of ether oxygens (including phenoxy) is 3. The minimum absolute atomic E-state index is 0.0574. The number of nitrogens with two attached hydrogens (primary N) is 2. The number of primary amides is 2. The summed E-state index contributed by atoms with van der Waals surface area (Å²) in [5, 5.41) is 14.6. The quantitative estimate of drug-likeness (QED) is 0.132. The molecule has 0 spiro atoms. The number of aromatic nitrogens is 8. The molecule has 21 heteroatoms. The molecule has 2 aliphatic rings. The number of nitrogens with zero attached hydrogens (tertiary/aromatic N) is 9. The molecule has 1 fully saturated rings. The molecule has 1 unspecified atom stereocenters. The Kier molecular flexibility index (Phi) is 13.6. The number of allylic oxidation sites excluding steroid dienone is 2. The Balaban J connectivity index is 1.37. The second-order valence-corrected chi connectivity index (χ2v) is 15.1. The molecule has 0 saturated carbocycles. The summed E-state index contributed by atoms with van der Waals surface area (Å²) in [6.45, 7) is 9.39. The Hall–Kier alpha value is -6.87. The molecule has 6 heterocycles. The molecule has 0 aliphatic carbocycles. The number of alkyl halides is 1. The van der Waals surface area contributed by atoms with Gasteiger partial charge in [-0.3, -0.25) is 44.1 Å². The first-order chi connectivity index (χ1) is 30.4. The van der Waals surface area contributed by atoms with Crippen molar-refractivity contribution in [2.45, 2.75) is 72.8 Å². The number of aryl methyl sites for hydroxylation is 5. The van der Waals surface area contributed by atoms with Gasteiger partial charge in [0.05, 0.1) is 48.4 Å². The number of morpholine rings is 1. The van der Waals surface area contributed by atoms with Crippen LogP contribution in [-0.2, 0) is 46.9 Å². The van der Waals surface area contributed by atoms with E-state index in [1.807, 2.05) is 26.0 Å². The SMILES string of the molecule is CCc1nc(NC(=O)c2cc(C)nn2CCF)n2c1/C(=C\CC(N)=O)OCC(N1CCOCC1)COc1cc(C(N)=O)cc3nc(NC(=O)c4cc(C)nn4CC)n(c13)C/C=C/C2. The van der Waals surface area contributed by atoms with Crippen molar-refractivity contribution in [2.24, 2.45) is 11.5 Å². The number of fused-ring (bicyclic) bond motifs is 1. The number of nitrogens with one attached hydrogen (secondary N) is 2. The van der Waals surface area contributed by atoms with E-state index in [0.717, 1.165) is 0 Å². The van der Waals surface area contributed by atoms with Crippen molar-refractivity contribution in [3.05, 3.63) is 82.2 Å². The van der Waals surface area contributed by atoms with Crippen molar-refractivity contribution < 1.29 is 37.8 Å². The van der Waals surface area contributed by atoms with Crippen LogP contribution in [0.4, 0.5) is 16.3 Å². The first-order valence-electron chi connectivity index (χ1n) is 20.8. The molecule has 0 bridgehead atoms. The normalized spacial score (nSPS) is 17.3. The molecule has 63 heavy (non-hydrogen) atoms. The van der Waals surface area contributed by atoms with Gasteiger partial charge in [-0.25, -0.2) is 14.4 Å². The van der Waals surface area contributed by atoms with Gasteiger partial charge < -0.3 is 34.8 Å². The van der Waals surface area contributed by atoms with Crippen molar-refractivity contribution >= 4 is 52.3 Å². The van der Waals surface area contributed by atoms with E-state index >= 15 is 0 Å². The smallest absolute Gasteiger partial charge is 0.276 e. The maximum atomic E-state index is 13.9. The minimum Gasteiger partial charge on any atom is -0.490 e. The predicted molar refractivity (Wildman–Crippen MR) is 230 cm³/mol. The number of rotatable bonds is 12. The molecule has 2 aliphatic heterocycles. The van der Waals surface area contributed by atoms with Crippen LogP contribution in [0.15, 0.2) is 42.5 Å². The number of halogens is 1. The largest absolute Gasteiger partial charge is 0.490 e. The van der Waals surface area contributed by atoms with E-state index in [1.54, 1.807) is 58.0 Å². The van der Waals surface area contributed by atoms with Crippen LogP contribution >= 0.6 is 0 Å². The lowest BCUT2D eigenvalue weighted by atomic mass is 10.1. The van der Waals surface area contributed by atoms with Crippen molar-refractivity contribution in [3.8, 4) is 5.75 Å². The lowest BCUT2D eigenvalue weighted by Crippen LogP contribution is -2.48. The van der Waals surface area contributed by atoms with Crippen LogP contribution in [0.5, 0.6) is 5.75 Å². The molecular formula is C42H52FN13O7. The van der Waals surface area contributed by atoms with Gasteiger partial charge in [-0.05, 0) is 57.5 Å². The number of hydrogen-bond acceptors (Lipinski definition) is 12. The maximum Gasteiger partial charge on any atom is 0.276 e.